The number of fused-ring (bicyclic) bond motifs is 4. The van der Waals surface area contributed by atoms with Gasteiger partial charge in [0.2, 0.25) is 5.88 Å². The number of aromatic nitrogens is 2. The maximum atomic E-state index is 6.14. The van der Waals surface area contributed by atoms with Crippen molar-refractivity contribution in [1.82, 2.24) is 15.1 Å². The van der Waals surface area contributed by atoms with E-state index in [4.69, 9.17) is 4.74 Å². The summed E-state index contributed by atoms with van der Waals surface area (Å²) in [5, 5.41) is 8.75. The number of hydrogen-bond donors (Lipinski definition) is 0. The molecule has 1 atom stereocenters. The third-order valence-corrected chi connectivity index (χ3v) is 5.90. The Morgan fingerprint density at radius 1 is 0.958 bits per heavy atom. The summed E-state index contributed by atoms with van der Waals surface area (Å²) in [6, 6.07) is 10.7. The Hall–Kier alpha value is -1.94. The molecule has 3 saturated heterocycles. The van der Waals surface area contributed by atoms with Crippen molar-refractivity contribution in [3.63, 3.8) is 0 Å². The normalized spacial score (nSPS) is 27.9. The Bertz CT molecular complexity index is 735. The summed E-state index contributed by atoms with van der Waals surface area (Å²) >= 11 is 0. The van der Waals surface area contributed by atoms with Crippen molar-refractivity contribution in [3.8, 4) is 17.1 Å². The lowest BCUT2D eigenvalue weighted by molar-refractivity contribution is -0.0103. The number of hydrogen-bond acceptors (Lipinski definition) is 4. The molecular weight excluding hydrogens is 298 g/mol. The van der Waals surface area contributed by atoms with Crippen molar-refractivity contribution in [3.05, 3.63) is 41.5 Å². The van der Waals surface area contributed by atoms with Gasteiger partial charge in [0.25, 0.3) is 0 Å². The average Bonchev–Trinajstić information content (AvgIpc) is 3.11. The van der Waals surface area contributed by atoms with Gasteiger partial charge in [-0.1, -0.05) is 12.1 Å². The summed E-state index contributed by atoms with van der Waals surface area (Å²) in [6.07, 6.45) is 6.48. The van der Waals surface area contributed by atoms with E-state index in [0.29, 0.717) is 11.8 Å². The first-order valence-corrected chi connectivity index (χ1v) is 9.20. The fraction of sp³-hybridized carbons (Fsp3) is 0.500. The predicted molar refractivity (Wildman–Crippen MR) is 93.1 cm³/mol. The summed E-state index contributed by atoms with van der Waals surface area (Å²) in [7, 11) is 0. The van der Waals surface area contributed by atoms with E-state index in [0.717, 1.165) is 17.8 Å². The molecule has 6 rings (SSSR count). The van der Waals surface area contributed by atoms with Gasteiger partial charge in [0, 0.05) is 18.2 Å². The maximum Gasteiger partial charge on any atom is 0.233 e. The van der Waals surface area contributed by atoms with Gasteiger partial charge in [-0.05, 0) is 74.4 Å². The van der Waals surface area contributed by atoms with Crippen LogP contribution in [0.5, 0.6) is 5.88 Å². The molecule has 1 aliphatic carbocycles. The second-order valence-corrected chi connectivity index (χ2v) is 7.39. The molecule has 2 aromatic rings. The predicted octanol–water partition coefficient (Wildman–Crippen LogP) is 3.11. The molecule has 0 radical (unpaired) electrons. The smallest absolute Gasteiger partial charge is 0.233 e. The molecule has 0 amide bonds. The van der Waals surface area contributed by atoms with Gasteiger partial charge in [0.15, 0.2) is 0 Å². The number of aryl methyl sites for hydroxylation is 2. The molecule has 3 fully saturated rings. The Balaban J connectivity index is 1.32. The summed E-state index contributed by atoms with van der Waals surface area (Å²) < 4.78 is 6.14. The number of benzene rings is 1. The van der Waals surface area contributed by atoms with Crippen LogP contribution in [0.15, 0.2) is 30.3 Å². The van der Waals surface area contributed by atoms with Crippen LogP contribution in [0.4, 0.5) is 0 Å². The van der Waals surface area contributed by atoms with Crippen LogP contribution in [0.2, 0.25) is 0 Å². The molecule has 4 heteroatoms. The zero-order chi connectivity index (χ0) is 15.9. The zero-order valence-electron chi connectivity index (χ0n) is 13.9. The van der Waals surface area contributed by atoms with Crippen molar-refractivity contribution in [1.29, 1.82) is 0 Å². The van der Waals surface area contributed by atoms with Crippen LogP contribution in [-0.4, -0.2) is 40.8 Å². The van der Waals surface area contributed by atoms with E-state index in [2.05, 4.69) is 33.3 Å². The highest BCUT2D eigenvalue weighted by molar-refractivity contribution is 5.61. The molecule has 24 heavy (non-hydrogen) atoms. The van der Waals surface area contributed by atoms with Gasteiger partial charge < -0.3 is 4.74 Å². The van der Waals surface area contributed by atoms with Crippen LogP contribution in [-0.2, 0) is 12.8 Å². The van der Waals surface area contributed by atoms with Gasteiger partial charge in [-0.2, -0.15) is 0 Å². The first-order valence-electron chi connectivity index (χ1n) is 9.20. The number of nitrogens with zero attached hydrogens (tertiary/aromatic N) is 3. The van der Waals surface area contributed by atoms with Gasteiger partial charge in [-0.3, -0.25) is 4.90 Å². The lowest BCUT2D eigenvalue weighted by atomic mass is 9.86. The molecule has 4 nitrogen and oxygen atoms in total. The number of rotatable bonds is 3. The highest BCUT2D eigenvalue weighted by Crippen LogP contribution is 2.31. The Labute approximate surface area is 142 Å². The second kappa shape index (κ2) is 5.85. The summed E-state index contributed by atoms with van der Waals surface area (Å²) in [5.74, 6) is 1.35. The van der Waals surface area contributed by atoms with E-state index < -0.39 is 0 Å². The maximum absolute atomic E-state index is 6.14. The Morgan fingerprint density at radius 3 is 2.58 bits per heavy atom. The van der Waals surface area contributed by atoms with Gasteiger partial charge in [0.05, 0.1) is 5.69 Å². The molecule has 124 valence electrons. The molecule has 0 spiro atoms. The van der Waals surface area contributed by atoms with E-state index in [1.54, 1.807) is 0 Å². The monoisotopic (exact) mass is 321 g/mol. The largest absolute Gasteiger partial charge is 0.472 e. The summed E-state index contributed by atoms with van der Waals surface area (Å²) in [6.45, 7) is 3.50. The summed E-state index contributed by atoms with van der Waals surface area (Å²) in [4.78, 5) is 2.50. The lowest BCUT2D eigenvalue weighted by Crippen LogP contribution is -2.52. The van der Waals surface area contributed by atoms with Gasteiger partial charge in [0.1, 0.15) is 6.10 Å². The van der Waals surface area contributed by atoms with Crippen molar-refractivity contribution in [2.75, 3.05) is 19.6 Å². The fourth-order valence-corrected chi connectivity index (χ4v) is 4.47. The van der Waals surface area contributed by atoms with Gasteiger partial charge >= 0.3 is 0 Å². The molecule has 1 aromatic heterocycles. The van der Waals surface area contributed by atoms with E-state index in [9.17, 15) is 0 Å². The van der Waals surface area contributed by atoms with Crippen molar-refractivity contribution >= 4 is 0 Å². The van der Waals surface area contributed by atoms with Crippen LogP contribution < -0.4 is 4.74 Å². The van der Waals surface area contributed by atoms with Gasteiger partial charge in [-0.25, -0.2) is 0 Å². The SMILES string of the molecule is c1cc2c(cc1-c1ccc(O[C@H]3CN4CCC3CC4)nn1)CCC2. The minimum atomic E-state index is 0.285. The second-order valence-electron chi connectivity index (χ2n) is 7.39. The van der Waals surface area contributed by atoms with Crippen LogP contribution in [0, 0.1) is 5.92 Å². The molecule has 0 N–H and O–H groups in total. The average molecular weight is 321 g/mol. The fourth-order valence-electron chi connectivity index (χ4n) is 4.47. The first-order chi connectivity index (χ1) is 11.8. The third kappa shape index (κ3) is 2.59. The van der Waals surface area contributed by atoms with Gasteiger partial charge in [-0.15, -0.1) is 10.2 Å². The summed E-state index contributed by atoms with van der Waals surface area (Å²) in [5.41, 5.74) is 5.07. The lowest BCUT2D eigenvalue weighted by Gasteiger charge is -2.44. The molecule has 4 heterocycles. The molecule has 1 aromatic carbocycles. The minimum absolute atomic E-state index is 0.285. The van der Waals surface area contributed by atoms with Crippen molar-refractivity contribution in [2.45, 2.75) is 38.2 Å². The van der Waals surface area contributed by atoms with E-state index in [-0.39, 0.29) is 6.10 Å². The molecular formula is C20H23N3O. The zero-order valence-corrected chi connectivity index (χ0v) is 13.9. The Morgan fingerprint density at radius 2 is 1.83 bits per heavy atom. The third-order valence-electron chi connectivity index (χ3n) is 5.90. The van der Waals surface area contributed by atoms with Crippen LogP contribution >= 0.6 is 0 Å². The van der Waals surface area contributed by atoms with E-state index in [1.165, 1.54) is 56.3 Å². The molecule has 3 aliphatic heterocycles. The van der Waals surface area contributed by atoms with Crippen LogP contribution in [0.1, 0.15) is 30.4 Å². The quantitative estimate of drug-likeness (QED) is 0.871. The topological polar surface area (TPSA) is 38.2 Å². The standard InChI is InChI=1S/C20H23N3O/c1-2-14-4-5-17(12-16(14)3-1)18-6-7-20(22-21-18)24-19-13-23-10-8-15(19)9-11-23/h4-7,12,15,19H,1-3,8-11,13H2/t19-/m0/s1. The Kier molecular flexibility index (Phi) is 3.51. The van der Waals surface area contributed by atoms with Crippen LogP contribution in [0.3, 0.4) is 0 Å². The molecule has 4 aliphatic rings. The van der Waals surface area contributed by atoms with Crippen LogP contribution in [0.25, 0.3) is 11.3 Å². The highest BCUT2D eigenvalue weighted by atomic mass is 16.5. The van der Waals surface area contributed by atoms with E-state index >= 15 is 0 Å². The van der Waals surface area contributed by atoms with E-state index in [1.807, 2.05) is 12.1 Å². The molecule has 0 saturated carbocycles. The first kappa shape index (κ1) is 14.4. The van der Waals surface area contributed by atoms with Crippen molar-refractivity contribution < 1.29 is 4.74 Å². The number of ether oxygens (including phenoxy) is 1. The highest BCUT2D eigenvalue weighted by Gasteiger charge is 2.35. The van der Waals surface area contributed by atoms with Crippen molar-refractivity contribution in [2.24, 2.45) is 5.92 Å². The minimum Gasteiger partial charge on any atom is -0.472 e. The molecule has 2 bridgehead atoms. The molecule has 0 unspecified atom stereocenters. The number of piperidine rings is 3.